The summed E-state index contributed by atoms with van der Waals surface area (Å²) < 4.78 is 0. The van der Waals surface area contributed by atoms with Crippen molar-refractivity contribution in [2.75, 3.05) is 0 Å². The molecule has 0 bridgehead atoms. The molecule has 0 saturated heterocycles. The fourth-order valence-electron chi connectivity index (χ4n) is 10.5. The highest BCUT2D eigenvalue weighted by molar-refractivity contribution is 6.17. The zero-order valence-electron chi connectivity index (χ0n) is 39.8. The van der Waals surface area contributed by atoms with Crippen molar-refractivity contribution in [3.8, 4) is 102 Å². The molecule has 9 aromatic carbocycles. The smallest absolute Gasteiger partial charge is 0.102 e. The highest BCUT2D eigenvalue weighted by Crippen LogP contribution is 2.45. The monoisotopic (exact) mass is 940 g/mol. The molecular formula is C68H40N6. The largest absolute Gasteiger partial charge is 0.245 e. The summed E-state index contributed by atoms with van der Waals surface area (Å²) >= 11 is 0. The van der Waals surface area contributed by atoms with Crippen molar-refractivity contribution in [2.45, 2.75) is 0 Å². The average molecular weight is 941 g/mol. The number of fused-ring (bicyclic) bond motifs is 6. The van der Waals surface area contributed by atoms with Crippen LogP contribution in [0.4, 0.5) is 0 Å². The van der Waals surface area contributed by atoms with E-state index in [9.17, 15) is 10.5 Å². The molecule has 0 atom stereocenters. The van der Waals surface area contributed by atoms with E-state index in [-0.39, 0.29) is 0 Å². The van der Waals surface area contributed by atoms with Crippen LogP contribution < -0.4 is 0 Å². The maximum atomic E-state index is 11.4. The summed E-state index contributed by atoms with van der Waals surface area (Å²) in [5.74, 6) is 0. The quantitative estimate of drug-likeness (QED) is 0.141. The predicted octanol–water partition coefficient (Wildman–Crippen LogP) is 17.0. The number of benzene rings is 9. The number of hydrogen-bond donors (Lipinski definition) is 0. The maximum absolute atomic E-state index is 11.4. The molecule has 342 valence electrons. The number of pyridine rings is 4. The number of nitrogens with zero attached hydrogens (tertiary/aromatic N) is 6. The predicted molar refractivity (Wildman–Crippen MR) is 301 cm³/mol. The maximum Gasteiger partial charge on any atom is 0.102 e. The van der Waals surface area contributed by atoms with Crippen LogP contribution in [0.3, 0.4) is 0 Å². The van der Waals surface area contributed by atoms with E-state index in [2.05, 4.69) is 127 Å². The summed E-state index contributed by atoms with van der Waals surface area (Å²) in [6, 6.07) is 87.1. The van der Waals surface area contributed by atoms with Crippen LogP contribution >= 0.6 is 0 Å². The molecule has 13 rings (SSSR count). The van der Waals surface area contributed by atoms with Gasteiger partial charge in [0.1, 0.15) is 12.1 Å². The first-order chi connectivity index (χ1) is 36.6. The van der Waals surface area contributed by atoms with Gasteiger partial charge in [0.2, 0.25) is 0 Å². The standard InChI is InChI=1S/C68H40N6/c69-41-57-61(53-36-34-51-55(43-20-7-1-8-21-43)39-59(45-24-11-3-12-25-45)71-65(51)67(53)73-63(57)47-28-15-5-16-29-47)49-32-19-33-50(38-49)62-54-37-35-52-56(44-22-9-2-10-23-44)40-60(46-26-13-4-14-27-46)72-66(52)68(54)74-64(58(62)42-70)48-30-17-6-18-31-48/h1-40H. The first-order valence-electron chi connectivity index (χ1n) is 24.5. The molecule has 0 aliphatic rings. The summed E-state index contributed by atoms with van der Waals surface area (Å²) in [5.41, 5.74) is 17.2. The van der Waals surface area contributed by atoms with Crippen LogP contribution in [0.15, 0.2) is 243 Å². The molecule has 0 saturated carbocycles. The Kier molecular flexibility index (Phi) is 10.8. The van der Waals surface area contributed by atoms with Gasteiger partial charge in [-0.2, -0.15) is 10.5 Å². The average Bonchev–Trinajstić information content (AvgIpc) is 3.48. The fraction of sp³-hybridized carbons (Fsp3) is 0. The summed E-state index contributed by atoms with van der Waals surface area (Å²) in [4.78, 5) is 21.7. The summed E-state index contributed by atoms with van der Waals surface area (Å²) in [7, 11) is 0. The van der Waals surface area contributed by atoms with Gasteiger partial charge in [0.25, 0.3) is 0 Å². The van der Waals surface area contributed by atoms with E-state index < -0.39 is 0 Å². The van der Waals surface area contributed by atoms with Crippen molar-refractivity contribution >= 4 is 43.6 Å². The van der Waals surface area contributed by atoms with Crippen LogP contribution in [0.1, 0.15) is 11.1 Å². The van der Waals surface area contributed by atoms with Gasteiger partial charge >= 0.3 is 0 Å². The molecule has 0 N–H and O–H groups in total. The van der Waals surface area contributed by atoms with Gasteiger partial charge in [0, 0.05) is 54.9 Å². The van der Waals surface area contributed by atoms with E-state index in [1.165, 1.54) is 0 Å². The van der Waals surface area contributed by atoms with Crippen molar-refractivity contribution in [3.63, 3.8) is 0 Å². The second kappa shape index (κ2) is 18.4. The molecule has 4 heterocycles. The molecule has 6 heteroatoms. The van der Waals surface area contributed by atoms with Gasteiger partial charge in [-0.3, -0.25) is 0 Å². The molecule has 0 aliphatic heterocycles. The molecule has 0 radical (unpaired) electrons. The van der Waals surface area contributed by atoms with Gasteiger partial charge in [-0.1, -0.05) is 224 Å². The lowest BCUT2D eigenvalue weighted by Crippen LogP contribution is -2.00. The second-order valence-corrected chi connectivity index (χ2v) is 18.2. The van der Waals surface area contributed by atoms with Crippen LogP contribution in [-0.4, -0.2) is 19.9 Å². The molecule has 0 aliphatic carbocycles. The van der Waals surface area contributed by atoms with Gasteiger partial charge in [-0.05, 0) is 51.6 Å². The van der Waals surface area contributed by atoms with Crippen molar-refractivity contribution in [3.05, 3.63) is 254 Å². The van der Waals surface area contributed by atoms with E-state index in [1.54, 1.807) is 0 Å². The lowest BCUT2D eigenvalue weighted by Gasteiger charge is -2.19. The first-order valence-corrected chi connectivity index (χ1v) is 24.5. The minimum Gasteiger partial charge on any atom is -0.245 e. The highest BCUT2D eigenvalue weighted by atomic mass is 14.8. The van der Waals surface area contributed by atoms with Crippen LogP contribution in [0.2, 0.25) is 0 Å². The van der Waals surface area contributed by atoms with E-state index in [1.807, 2.05) is 127 Å². The minimum atomic E-state index is 0.435. The molecular weight excluding hydrogens is 901 g/mol. The number of nitriles is 2. The Hall–Kier alpha value is -10.4. The van der Waals surface area contributed by atoms with Crippen molar-refractivity contribution in [1.82, 2.24) is 19.9 Å². The zero-order chi connectivity index (χ0) is 49.5. The van der Waals surface area contributed by atoms with Crippen LogP contribution in [-0.2, 0) is 0 Å². The number of rotatable bonds is 8. The first kappa shape index (κ1) is 43.6. The van der Waals surface area contributed by atoms with Gasteiger partial charge in [0.15, 0.2) is 0 Å². The summed E-state index contributed by atoms with van der Waals surface area (Å²) in [6.45, 7) is 0. The molecule has 0 fully saturated rings. The van der Waals surface area contributed by atoms with Crippen LogP contribution in [0.5, 0.6) is 0 Å². The van der Waals surface area contributed by atoms with E-state index in [4.69, 9.17) is 19.9 Å². The third-order valence-corrected chi connectivity index (χ3v) is 13.9. The molecule has 0 unspecified atom stereocenters. The van der Waals surface area contributed by atoms with Crippen LogP contribution in [0.25, 0.3) is 133 Å². The van der Waals surface area contributed by atoms with Crippen LogP contribution in [0, 0.1) is 22.7 Å². The van der Waals surface area contributed by atoms with E-state index >= 15 is 0 Å². The number of aromatic nitrogens is 4. The van der Waals surface area contributed by atoms with E-state index in [0.29, 0.717) is 33.5 Å². The Bertz CT molecular complexity index is 4120. The van der Waals surface area contributed by atoms with Gasteiger partial charge in [-0.25, -0.2) is 19.9 Å². The molecule has 4 aromatic heterocycles. The third-order valence-electron chi connectivity index (χ3n) is 13.9. The Morgan fingerprint density at radius 3 is 0.905 bits per heavy atom. The number of hydrogen-bond acceptors (Lipinski definition) is 6. The normalized spacial score (nSPS) is 11.2. The Morgan fingerprint density at radius 2 is 0.554 bits per heavy atom. The Morgan fingerprint density at radius 1 is 0.257 bits per heavy atom. The highest BCUT2D eigenvalue weighted by Gasteiger charge is 2.25. The Balaban J connectivity index is 1.12. The van der Waals surface area contributed by atoms with Crippen molar-refractivity contribution in [2.24, 2.45) is 0 Å². The zero-order valence-corrected chi connectivity index (χ0v) is 39.8. The summed E-state index contributed by atoms with van der Waals surface area (Å²) in [5, 5.41) is 26.3. The third kappa shape index (κ3) is 7.51. The lowest BCUT2D eigenvalue weighted by molar-refractivity contribution is 1.34. The molecule has 0 amide bonds. The SMILES string of the molecule is N#Cc1c(-c2ccccc2)nc2c(ccc3c(-c4ccccc4)cc(-c4ccccc4)nc32)c1-c1cccc(-c2c(C#N)c(-c3ccccc3)nc3c2ccc2c(-c4ccccc4)cc(-c4ccccc4)nc23)c1. The molecule has 0 spiro atoms. The second-order valence-electron chi connectivity index (χ2n) is 18.2. The molecule has 74 heavy (non-hydrogen) atoms. The fourth-order valence-corrected chi connectivity index (χ4v) is 10.5. The summed E-state index contributed by atoms with van der Waals surface area (Å²) in [6.07, 6.45) is 0. The van der Waals surface area contributed by atoms with Gasteiger partial charge in [-0.15, -0.1) is 0 Å². The van der Waals surface area contributed by atoms with Gasteiger partial charge in [0.05, 0.1) is 56.0 Å². The minimum absolute atomic E-state index is 0.435. The van der Waals surface area contributed by atoms with E-state index in [0.717, 1.165) is 111 Å². The lowest BCUT2D eigenvalue weighted by atomic mass is 9.87. The van der Waals surface area contributed by atoms with Crippen molar-refractivity contribution in [1.29, 1.82) is 10.5 Å². The molecule has 13 aromatic rings. The molecule has 6 nitrogen and oxygen atoms in total. The topological polar surface area (TPSA) is 99.1 Å². The Labute approximate surface area is 427 Å². The van der Waals surface area contributed by atoms with Gasteiger partial charge < -0.3 is 0 Å². The van der Waals surface area contributed by atoms with Crippen molar-refractivity contribution < 1.29 is 0 Å².